The molecule has 3 aromatic rings. The summed E-state index contributed by atoms with van der Waals surface area (Å²) in [5.74, 6) is 0.387. The van der Waals surface area contributed by atoms with Gasteiger partial charge in [0.15, 0.2) is 0 Å². The van der Waals surface area contributed by atoms with Gasteiger partial charge in [-0.2, -0.15) is 5.10 Å². The average molecular weight is 394 g/mol. The van der Waals surface area contributed by atoms with E-state index < -0.39 is 4.92 Å². The van der Waals surface area contributed by atoms with E-state index in [0.717, 1.165) is 24.2 Å². The van der Waals surface area contributed by atoms with Crippen molar-refractivity contribution < 1.29 is 14.5 Å². The molecule has 0 aliphatic rings. The molecule has 0 spiro atoms. The lowest BCUT2D eigenvalue weighted by molar-refractivity contribution is -0.384. The van der Waals surface area contributed by atoms with Crippen molar-refractivity contribution in [2.24, 2.45) is 0 Å². The number of benzene rings is 2. The third-order valence-electron chi connectivity index (χ3n) is 4.27. The van der Waals surface area contributed by atoms with Gasteiger partial charge < -0.3 is 10.1 Å². The Labute approximate surface area is 168 Å². The Morgan fingerprint density at radius 1 is 1.21 bits per heavy atom. The van der Waals surface area contributed by atoms with Crippen LogP contribution in [0.25, 0.3) is 0 Å². The Bertz CT molecular complexity index is 982. The van der Waals surface area contributed by atoms with Crippen molar-refractivity contribution in [3.8, 4) is 5.75 Å². The molecule has 8 nitrogen and oxygen atoms in total. The summed E-state index contributed by atoms with van der Waals surface area (Å²) in [6, 6.07) is 15.0. The van der Waals surface area contributed by atoms with E-state index >= 15 is 0 Å². The van der Waals surface area contributed by atoms with E-state index in [0.29, 0.717) is 17.9 Å². The molecule has 0 bridgehead atoms. The number of carbonyl (C=O) groups excluding carboxylic acids is 1. The lowest BCUT2D eigenvalue weighted by Gasteiger charge is -2.09. The van der Waals surface area contributed by atoms with Gasteiger partial charge in [-0.3, -0.25) is 19.6 Å². The van der Waals surface area contributed by atoms with Crippen molar-refractivity contribution in [2.75, 3.05) is 6.54 Å². The van der Waals surface area contributed by atoms with Gasteiger partial charge in [-0.15, -0.1) is 0 Å². The molecule has 2 aromatic carbocycles. The highest BCUT2D eigenvalue weighted by molar-refractivity contribution is 5.94. The number of nitro groups is 1. The number of aromatic nitrogens is 2. The highest BCUT2D eigenvalue weighted by atomic mass is 16.6. The third-order valence-corrected chi connectivity index (χ3v) is 4.27. The van der Waals surface area contributed by atoms with Crippen LogP contribution in [0.5, 0.6) is 5.75 Å². The topological polar surface area (TPSA) is 99.3 Å². The lowest BCUT2D eigenvalue weighted by Crippen LogP contribution is -2.25. The van der Waals surface area contributed by atoms with E-state index in [4.69, 9.17) is 4.74 Å². The zero-order chi connectivity index (χ0) is 20.6. The van der Waals surface area contributed by atoms with Crippen LogP contribution in [0, 0.1) is 17.0 Å². The molecule has 3 rings (SSSR count). The second kappa shape index (κ2) is 9.50. The van der Waals surface area contributed by atoms with Crippen LogP contribution in [0.2, 0.25) is 0 Å². The number of amides is 1. The Morgan fingerprint density at radius 3 is 2.69 bits per heavy atom. The maximum absolute atomic E-state index is 12.3. The predicted octanol–water partition coefficient (Wildman–Crippen LogP) is 3.50. The molecule has 0 radical (unpaired) electrons. The number of carbonyl (C=O) groups is 1. The Balaban J connectivity index is 1.47. The number of rotatable bonds is 9. The summed E-state index contributed by atoms with van der Waals surface area (Å²) < 4.78 is 7.51. The first-order valence-corrected chi connectivity index (χ1v) is 9.26. The molecule has 0 aliphatic carbocycles. The van der Waals surface area contributed by atoms with Crippen molar-refractivity contribution in [1.29, 1.82) is 0 Å². The summed E-state index contributed by atoms with van der Waals surface area (Å²) in [5.41, 5.74) is 2.38. The van der Waals surface area contributed by atoms with Crippen molar-refractivity contribution >= 4 is 11.6 Å². The molecular weight excluding hydrogens is 372 g/mol. The van der Waals surface area contributed by atoms with Crippen molar-refractivity contribution in [2.45, 2.75) is 26.5 Å². The molecule has 1 N–H and O–H groups in total. The van der Waals surface area contributed by atoms with Gasteiger partial charge in [0.25, 0.3) is 11.6 Å². The van der Waals surface area contributed by atoms with E-state index in [9.17, 15) is 14.9 Å². The summed E-state index contributed by atoms with van der Waals surface area (Å²) in [5, 5.41) is 17.9. The number of non-ortho nitro benzene ring substituents is 1. The molecule has 0 unspecified atom stereocenters. The fourth-order valence-corrected chi connectivity index (χ4v) is 2.77. The summed E-state index contributed by atoms with van der Waals surface area (Å²) in [7, 11) is 0. The molecule has 150 valence electrons. The smallest absolute Gasteiger partial charge is 0.269 e. The maximum Gasteiger partial charge on any atom is 0.269 e. The van der Waals surface area contributed by atoms with Crippen LogP contribution in [-0.4, -0.2) is 27.2 Å². The molecule has 0 saturated carbocycles. The molecule has 1 heterocycles. The minimum Gasteiger partial charge on any atom is -0.489 e. The maximum atomic E-state index is 12.3. The minimum absolute atomic E-state index is 0.0127. The van der Waals surface area contributed by atoms with Crippen LogP contribution < -0.4 is 10.1 Å². The molecule has 0 atom stereocenters. The number of ether oxygens (including phenoxy) is 1. The number of nitrogens with one attached hydrogen (secondary N) is 1. The van der Waals surface area contributed by atoms with E-state index in [1.807, 2.05) is 29.9 Å². The van der Waals surface area contributed by atoms with Crippen LogP contribution in [0.4, 0.5) is 5.69 Å². The first-order chi connectivity index (χ1) is 14.0. The van der Waals surface area contributed by atoms with Gasteiger partial charge in [0, 0.05) is 37.0 Å². The number of aryl methyl sites for hydroxylation is 2. The van der Waals surface area contributed by atoms with Gasteiger partial charge in [-0.1, -0.05) is 12.1 Å². The molecule has 0 aliphatic heterocycles. The van der Waals surface area contributed by atoms with Gasteiger partial charge in [0.2, 0.25) is 0 Å². The molecule has 29 heavy (non-hydrogen) atoms. The van der Waals surface area contributed by atoms with Gasteiger partial charge in [0.05, 0.1) is 10.6 Å². The fourth-order valence-electron chi connectivity index (χ4n) is 2.77. The summed E-state index contributed by atoms with van der Waals surface area (Å²) in [4.78, 5) is 22.6. The molecule has 0 saturated heterocycles. The number of nitro benzene ring substituents is 1. The lowest BCUT2D eigenvalue weighted by atomic mass is 10.1. The largest absolute Gasteiger partial charge is 0.489 e. The zero-order valence-corrected chi connectivity index (χ0v) is 16.1. The van der Waals surface area contributed by atoms with E-state index in [2.05, 4.69) is 10.4 Å². The highest BCUT2D eigenvalue weighted by Gasteiger charge is 2.07. The van der Waals surface area contributed by atoms with Crippen LogP contribution in [0.3, 0.4) is 0 Å². The third kappa shape index (κ3) is 5.90. The van der Waals surface area contributed by atoms with Crippen molar-refractivity contribution in [1.82, 2.24) is 15.1 Å². The summed E-state index contributed by atoms with van der Waals surface area (Å²) in [6.07, 6.45) is 2.71. The first kappa shape index (κ1) is 20.1. The van der Waals surface area contributed by atoms with Crippen molar-refractivity contribution in [3.63, 3.8) is 0 Å². The van der Waals surface area contributed by atoms with Crippen LogP contribution in [-0.2, 0) is 13.2 Å². The van der Waals surface area contributed by atoms with Crippen LogP contribution in [0.1, 0.15) is 28.0 Å². The zero-order valence-electron chi connectivity index (χ0n) is 16.1. The van der Waals surface area contributed by atoms with Crippen molar-refractivity contribution in [3.05, 3.63) is 87.7 Å². The second-order valence-electron chi connectivity index (χ2n) is 6.57. The predicted molar refractivity (Wildman–Crippen MR) is 108 cm³/mol. The Morgan fingerprint density at radius 2 is 2.00 bits per heavy atom. The van der Waals surface area contributed by atoms with E-state index in [1.165, 1.54) is 12.1 Å². The number of nitrogens with zero attached hydrogens (tertiary/aromatic N) is 3. The average Bonchev–Trinajstić information content (AvgIpc) is 3.15. The monoisotopic (exact) mass is 394 g/mol. The van der Waals surface area contributed by atoms with Gasteiger partial charge in [0.1, 0.15) is 12.4 Å². The Hall–Kier alpha value is -3.68. The molecule has 1 amide bonds. The number of hydrogen-bond donors (Lipinski definition) is 1. The van der Waals surface area contributed by atoms with Gasteiger partial charge in [-0.05, 0) is 49.2 Å². The fraction of sp³-hybridized carbons (Fsp3) is 0.238. The van der Waals surface area contributed by atoms with Gasteiger partial charge >= 0.3 is 0 Å². The van der Waals surface area contributed by atoms with Crippen LogP contribution in [0.15, 0.2) is 60.8 Å². The van der Waals surface area contributed by atoms with Gasteiger partial charge in [-0.25, -0.2) is 0 Å². The Kier molecular flexibility index (Phi) is 6.57. The standard InChI is InChI=1S/C21H22N4O4/c1-16-10-13-24(23-16)12-3-11-22-21(26)18-5-2-4-17(14-18)15-29-20-8-6-19(7-9-20)25(27)28/h2,4-10,13-14H,3,11-12,15H2,1H3,(H,22,26). The first-order valence-electron chi connectivity index (χ1n) is 9.26. The SMILES string of the molecule is Cc1ccn(CCCNC(=O)c2cccc(COc3ccc([N+](=O)[O-])cc3)c2)n1. The minimum atomic E-state index is -0.456. The van der Waals surface area contributed by atoms with Crippen LogP contribution >= 0.6 is 0 Å². The summed E-state index contributed by atoms with van der Waals surface area (Å²) in [6.45, 7) is 3.51. The number of hydrogen-bond acceptors (Lipinski definition) is 5. The molecule has 1 aromatic heterocycles. The molecule has 0 fully saturated rings. The molecule has 8 heteroatoms. The van der Waals surface area contributed by atoms with E-state index in [-0.39, 0.29) is 18.2 Å². The second-order valence-corrected chi connectivity index (χ2v) is 6.57. The normalized spacial score (nSPS) is 10.5. The highest BCUT2D eigenvalue weighted by Crippen LogP contribution is 2.18. The van der Waals surface area contributed by atoms with E-state index in [1.54, 1.807) is 30.3 Å². The quantitative estimate of drug-likeness (QED) is 0.340. The summed E-state index contributed by atoms with van der Waals surface area (Å²) >= 11 is 0. The molecular formula is C21H22N4O4.